The third-order valence-electron chi connectivity index (χ3n) is 6.66. The number of fused-ring (bicyclic) bond motifs is 10. The normalized spacial score (nSPS) is 14.2. The van der Waals surface area contributed by atoms with E-state index in [0.29, 0.717) is 0 Å². The summed E-state index contributed by atoms with van der Waals surface area (Å²) in [5, 5.41) is 6.27. The fourth-order valence-electron chi connectivity index (χ4n) is 5.57. The highest BCUT2D eigenvalue weighted by Crippen LogP contribution is 2.62. The Kier molecular flexibility index (Phi) is 3.78. The lowest BCUT2D eigenvalue weighted by molar-refractivity contribution is 0.793. The highest BCUT2D eigenvalue weighted by Gasteiger charge is 2.51. The van der Waals surface area contributed by atoms with Gasteiger partial charge in [-0.05, 0) is 63.6 Å². The van der Waals surface area contributed by atoms with Crippen molar-refractivity contribution in [3.8, 4) is 22.3 Å². The minimum Gasteiger partial charge on any atom is -0.242 e. The maximum Gasteiger partial charge on any atom is 0.0725 e. The van der Waals surface area contributed by atoms with Crippen molar-refractivity contribution in [2.75, 3.05) is 5.01 Å². The Labute approximate surface area is 182 Å². The molecule has 0 unspecified atom stereocenters. The van der Waals surface area contributed by atoms with Gasteiger partial charge in [-0.3, -0.25) is 0 Å². The summed E-state index contributed by atoms with van der Waals surface area (Å²) in [5.74, 6) is 0. The Balaban J connectivity index is 1.73. The first-order valence-corrected chi connectivity index (χ1v) is 10.6. The summed E-state index contributed by atoms with van der Waals surface area (Å²) in [4.78, 5) is 0. The van der Waals surface area contributed by atoms with Crippen molar-refractivity contribution < 1.29 is 0 Å². The van der Waals surface area contributed by atoms with E-state index >= 15 is 0 Å². The molecule has 0 fully saturated rings. The van der Waals surface area contributed by atoms with Crippen molar-refractivity contribution in [2.45, 2.75) is 12.3 Å². The van der Waals surface area contributed by atoms with Crippen LogP contribution >= 0.6 is 0 Å². The summed E-state index contributed by atoms with van der Waals surface area (Å²) >= 11 is 0. The Bertz CT molecular complexity index is 1330. The molecule has 1 spiro atoms. The number of benzene rings is 4. The van der Waals surface area contributed by atoms with Crippen molar-refractivity contribution in [2.24, 2.45) is 5.10 Å². The fourth-order valence-corrected chi connectivity index (χ4v) is 5.57. The predicted molar refractivity (Wildman–Crippen MR) is 130 cm³/mol. The summed E-state index contributed by atoms with van der Waals surface area (Å²) in [5.41, 5.74) is 11.3. The molecule has 6 rings (SSSR count). The molecule has 0 aromatic heterocycles. The van der Waals surface area contributed by atoms with Crippen molar-refractivity contribution in [1.29, 1.82) is 0 Å². The average Bonchev–Trinajstić information content (AvgIpc) is 3.30. The van der Waals surface area contributed by atoms with Gasteiger partial charge in [0.15, 0.2) is 0 Å². The van der Waals surface area contributed by atoms with Crippen LogP contribution in [-0.4, -0.2) is 6.21 Å². The molecule has 31 heavy (non-hydrogen) atoms. The molecule has 0 saturated carbocycles. The number of hydrazone groups is 1. The number of rotatable bonds is 3. The monoisotopic (exact) mass is 398 g/mol. The Morgan fingerprint density at radius 2 is 1.16 bits per heavy atom. The van der Waals surface area contributed by atoms with E-state index < -0.39 is 0 Å². The number of hydrogen-bond acceptors (Lipinski definition) is 2. The third-order valence-corrected chi connectivity index (χ3v) is 6.66. The van der Waals surface area contributed by atoms with Gasteiger partial charge in [0, 0.05) is 12.4 Å². The molecule has 0 amide bonds. The lowest BCUT2D eigenvalue weighted by atomic mass is 9.70. The minimum absolute atomic E-state index is 0.287. The van der Waals surface area contributed by atoms with Crippen LogP contribution in [0.2, 0.25) is 0 Å². The van der Waals surface area contributed by atoms with Crippen molar-refractivity contribution >= 4 is 11.9 Å². The van der Waals surface area contributed by atoms with E-state index in [1.807, 2.05) is 11.9 Å². The number of nitrogens with zero attached hydrogens (tertiary/aromatic N) is 2. The largest absolute Gasteiger partial charge is 0.242 e. The van der Waals surface area contributed by atoms with Gasteiger partial charge in [-0.25, -0.2) is 5.01 Å². The maximum atomic E-state index is 4.45. The van der Waals surface area contributed by atoms with E-state index in [1.165, 1.54) is 44.5 Å². The van der Waals surface area contributed by atoms with Crippen LogP contribution in [0, 0.1) is 0 Å². The Morgan fingerprint density at radius 3 is 1.68 bits per heavy atom. The molecule has 0 radical (unpaired) electrons. The first-order chi connectivity index (χ1) is 15.3. The molecule has 0 saturated heterocycles. The molecular weight excluding hydrogens is 376 g/mol. The lowest BCUT2D eigenvalue weighted by Crippen LogP contribution is -2.25. The lowest BCUT2D eigenvalue weighted by Gasteiger charge is -2.30. The maximum absolute atomic E-state index is 4.45. The van der Waals surface area contributed by atoms with E-state index in [1.54, 1.807) is 12.4 Å². The highest BCUT2D eigenvalue weighted by molar-refractivity contribution is 5.95. The second kappa shape index (κ2) is 6.55. The van der Waals surface area contributed by atoms with Gasteiger partial charge in [-0.2, -0.15) is 5.10 Å². The van der Waals surface area contributed by atoms with Crippen LogP contribution in [0.4, 0.5) is 5.69 Å². The second-order valence-corrected chi connectivity index (χ2v) is 8.02. The van der Waals surface area contributed by atoms with Crippen LogP contribution in [0.1, 0.15) is 29.2 Å². The predicted octanol–water partition coefficient (Wildman–Crippen LogP) is 6.99. The van der Waals surface area contributed by atoms with Gasteiger partial charge >= 0.3 is 0 Å². The zero-order valence-corrected chi connectivity index (χ0v) is 17.4. The molecule has 0 aliphatic heterocycles. The van der Waals surface area contributed by atoms with Crippen LogP contribution in [0.25, 0.3) is 22.3 Å². The molecule has 2 heteroatoms. The molecule has 148 valence electrons. The standard InChI is InChI=1S/C29H22N2/c1-3-30-31(4-2)20-17-18-28-24(19-20)23-13-7-10-16-27(23)29(28)25-14-8-5-11-21(25)22-12-6-9-15-26(22)29/h3-19H,2H2,1H3. The molecular formula is C29H22N2. The zero-order valence-electron chi connectivity index (χ0n) is 17.4. The molecule has 4 aromatic rings. The van der Waals surface area contributed by atoms with Gasteiger partial charge in [-0.15, -0.1) is 0 Å². The van der Waals surface area contributed by atoms with Gasteiger partial charge in [0.05, 0.1) is 11.1 Å². The Hall–Kier alpha value is -3.91. The van der Waals surface area contributed by atoms with E-state index in [4.69, 9.17) is 0 Å². The van der Waals surface area contributed by atoms with Gasteiger partial charge < -0.3 is 0 Å². The first kappa shape index (κ1) is 17.9. The third kappa shape index (κ3) is 2.19. The molecule has 0 atom stereocenters. The fraction of sp³-hybridized carbons (Fsp3) is 0.0690. The summed E-state index contributed by atoms with van der Waals surface area (Å²) in [6.45, 7) is 5.85. The van der Waals surface area contributed by atoms with Crippen molar-refractivity contribution in [3.63, 3.8) is 0 Å². The summed E-state index contributed by atoms with van der Waals surface area (Å²) < 4.78 is 0. The zero-order chi connectivity index (χ0) is 21.0. The van der Waals surface area contributed by atoms with E-state index in [9.17, 15) is 0 Å². The van der Waals surface area contributed by atoms with Crippen LogP contribution in [0.5, 0.6) is 0 Å². The van der Waals surface area contributed by atoms with Gasteiger partial charge in [0.1, 0.15) is 0 Å². The quantitative estimate of drug-likeness (QED) is 0.232. The molecule has 0 bridgehead atoms. The molecule has 0 N–H and O–H groups in total. The summed E-state index contributed by atoms with van der Waals surface area (Å²) in [6.07, 6.45) is 3.53. The van der Waals surface area contributed by atoms with Crippen molar-refractivity contribution in [3.05, 3.63) is 126 Å². The average molecular weight is 399 g/mol. The van der Waals surface area contributed by atoms with Gasteiger partial charge in [-0.1, -0.05) is 85.4 Å². The van der Waals surface area contributed by atoms with E-state index in [0.717, 1.165) is 5.69 Å². The van der Waals surface area contributed by atoms with Crippen LogP contribution in [-0.2, 0) is 5.41 Å². The molecule has 2 aliphatic rings. The first-order valence-electron chi connectivity index (χ1n) is 10.6. The van der Waals surface area contributed by atoms with Crippen LogP contribution in [0.3, 0.4) is 0 Å². The van der Waals surface area contributed by atoms with E-state index in [2.05, 4.69) is 103 Å². The van der Waals surface area contributed by atoms with Crippen LogP contribution in [0.15, 0.2) is 109 Å². The molecule has 2 nitrogen and oxygen atoms in total. The topological polar surface area (TPSA) is 15.6 Å². The SMILES string of the molecule is C=CN(N=CC)c1ccc2c(c1)-c1ccccc1C21c2ccccc2-c2ccccc21. The Morgan fingerprint density at radius 1 is 0.677 bits per heavy atom. The molecule has 2 aliphatic carbocycles. The summed E-state index contributed by atoms with van der Waals surface area (Å²) in [7, 11) is 0. The second-order valence-electron chi connectivity index (χ2n) is 8.02. The van der Waals surface area contributed by atoms with Gasteiger partial charge in [0.2, 0.25) is 0 Å². The smallest absolute Gasteiger partial charge is 0.0725 e. The summed E-state index contributed by atoms with van der Waals surface area (Å²) in [6, 6.07) is 33.3. The number of hydrogen-bond donors (Lipinski definition) is 0. The van der Waals surface area contributed by atoms with Gasteiger partial charge in [0.25, 0.3) is 0 Å². The number of anilines is 1. The van der Waals surface area contributed by atoms with E-state index in [-0.39, 0.29) is 5.41 Å². The highest BCUT2D eigenvalue weighted by atomic mass is 15.4. The molecule has 0 heterocycles. The molecule has 4 aromatic carbocycles. The van der Waals surface area contributed by atoms with Crippen molar-refractivity contribution in [1.82, 2.24) is 0 Å². The van der Waals surface area contributed by atoms with Crippen LogP contribution < -0.4 is 5.01 Å². The minimum atomic E-state index is -0.287.